The fourth-order valence-corrected chi connectivity index (χ4v) is 1.74. The molecule has 1 aromatic carbocycles. The second-order valence-electron chi connectivity index (χ2n) is 4.30. The van der Waals surface area contributed by atoms with Crippen LogP contribution in [0.3, 0.4) is 0 Å². The summed E-state index contributed by atoms with van der Waals surface area (Å²) >= 11 is 0. The number of carbonyl (C=O) groups excluding carboxylic acids is 1. The minimum atomic E-state index is -0.580. The third-order valence-corrected chi connectivity index (χ3v) is 2.75. The lowest BCUT2D eigenvalue weighted by Crippen LogP contribution is -2.20. The van der Waals surface area contributed by atoms with Gasteiger partial charge in [-0.2, -0.15) is 0 Å². The highest BCUT2D eigenvalue weighted by Crippen LogP contribution is 2.13. The van der Waals surface area contributed by atoms with E-state index in [4.69, 9.17) is 0 Å². The number of carbonyl (C=O) groups is 1. The van der Waals surface area contributed by atoms with Gasteiger partial charge >= 0.3 is 6.03 Å². The van der Waals surface area contributed by atoms with Crippen molar-refractivity contribution < 1.29 is 9.18 Å². The topological polar surface area (TPSA) is 84.7 Å². The Morgan fingerprint density at radius 1 is 1.14 bits per heavy atom. The molecule has 0 radical (unpaired) electrons. The fourth-order valence-electron chi connectivity index (χ4n) is 1.74. The first-order valence-electron chi connectivity index (χ1n) is 6.35. The molecule has 7 nitrogen and oxygen atoms in total. The number of rotatable bonds is 3. The molecule has 8 heteroatoms. The van der Waals surface area contributed by atoms with Crippen molar-refractivity contribution in [1.82, 2.24) is 19.5 Å². The van der Waals surface area contributed by atoms with Gasteiger partial charge in [0.25, 0.3) is 0 Å². The summed E-state index contributed by atoms with van der Waals surface area (Å²) in [7, 11) is 0. The molecule has 110 valence electrons. The van der Waals surface area contributed by atoms with Crippen molar-refractivity contribution in [3.8, 4) is 5.95 Å². The van der Waals surface area contributed by atoms with Crippen molar-refractivity contribution in [3.05, 3.63) is 61.2 Å². The molecule has 0 aliphatic carbocycles. The molecular formula is C14H11FN6O. The smallest absolute Gasteiger partial charge is 0.305 e. The zero-order valence-electron chi connectivity index (χ0n) is 11.3. The van der Waals surface area contributed by atoms with Crippen LogP contribution in [0.2, 0.25) is 0 Å². The molecule has 0 unspecified atom stereocenters. The van der Waals surface area contributed by atoms with Crippen molar-refractivity contribution in [2.24, 2.45) is 0 Å². The molecule has 0 saturated heterocycles. The number of nitrogens with zero attached hydrogens (tertiary/aromatic N) is 4. The summed E-state index contributed by atoms with van der Waals surface area (Å²) in [4.78, 5) is 23.9. The van der Waals surface area contributed by atoms with Gasteiger partial charge in [-0.05, 0) is 12.1 Å². The number of imidazole rings is 1. The number of hydrogen-bond acceptors (Lipinski definition) is 4. The molecule has 2 amide bonds. The first kappa shape index (κ1) is 13.7. The summed E-state index contributed by atoms with van der Waals surface area (Å²) in [6, 6.07) is 5.32. The summed E-state index contributed by atoms with van der Waals surface area (Å²) in [5, 5.41) is 4.93. The van der Waals surface area contributed by atoms with E-state index in [0.717, 1.165) is 0 Å². The SMILES string of the molecule is O=C(Nc1cnc(-n2ccnc2)nc1)Nc1ccccc1F. The number of hydrogen-bond donors (Lipinski definition) is 2. The van der Waals surface area contributed by atoms with Crippen LogP contribution in [0.15, 0.2) is 55.4 Å². The Kier molecular flexibility index (Phi) is 3.73. The van der Waals surface area contributed by atoms with E-state index < -0.39 is 11.8 Å². The van der Waals surface area contributed by atoms with Gasteiger partial charge in [-0.1, -0.05) is 12.1 Å². The molecule has 22 heavy (non-hydrogen) atoms. The van der Waals surface area contributed by atoms with E-state index in [2.05, 4.69) is 25.6 Å². The molecular weight excluding hydrogens is 287 g/mol. The minimum Gasteiger partial charge on any atom is -0.305 e. The van der Waals surface area contributed by atoms with Gasteiger partial charge in [-0.25, -0.2) is 24.1 Å². The summed E-state index contributed by atoms with van der Waals surface area (Å²) < 4.78 is 15.1. The van der Waals surface area contributed by atoms with Crippen LogP contribution in [0, 0.1) is 5.82 Å². The zero-order chi connectivity index (χ0) is 15.4. The highest BCUT2D eigenvalue weighted by molar-refractivity contribution is 5.99. The molecule has 0 spiro atoms. The molecule has 2 N–H and O–H groups in total. The van der Waals surface area contributed by atoms with E-state index in [9.17, 15) is 9.18 Å². The summed E-state index contributed by atoms with van der Waals surface area (Å²) in [6.45, 7) is 0. The normalized spacial score (nSPS) is 10.2. The molecule has 0 bridgehead atoms. The van der Waals surface area contributed by atoms with Crippen LogP contribution in [0.25, 0.3) is 5.95 Å². The molecule has 0 fully saturated rings. The van der Waals surface area contributed by atoms with Gasteiger partial charge in [0.05, 0.1) is 23.8 Å². The quantitative estimate of drug-likeness (QED) is 0.777. The van der Waals surface area contributed by atoms with Crippen LogP contribution >= 0.6 is 0 Å². The minimum absolute atomic E-state index is 0.0935. The van der Waals surface area contributed by atoms with E-state index in [0.29, 0.717) is 11.6 Å². The molecule has 2 heterocycles. The maximum absolute atomic E-state index is 13.4. The summed E-state index contributed by atoms with van der Waals surface area (Å²) in [5.41, 5.74) is 0.480. The molecule has 0 aliphatic heterocycles. The number of nitrogens with one attached hydrogen (secondary N) is 2. The Bertz CT molecular complexity index is 772. The Balaban J connectivity index is 1.66. The first-order valence-corrected chi connectivity index (χ1v) is 6.35. The Morgan fingerprint density at radius 3 is 2.59 bits per heavy atom. The Hall–Kier alpha value is -3.29. The van der Waals surface area contributed by atoms with Gasteiger partial charge in [0, 0.05) is 12.4 Å². The lowest BCUT2D eigenvalue weighted by Gasteiger charge is -2.08. The second-order valence-corrected chi connectivity index (χ2v) is 4.30. The number of benzene rings is 1. The van der Waals surface area contributed by atoms with Gasteiger partial charge in [0.2, 0.25) is 5.95 Å². The van der Waals surface area contributed by atoms with Crippen LogP contribution in [-0.4, -0.2) is 25.6 Å². The first-order chi connectivity index (χ1) is 10.7. The molecule has 0 atom stereocenters. The number of amides is 2. The maximum atomic E-state index is 13.4. The number of aromatic nitrogens is 4. The van der Waals surface area contributed by atoms with Crippen molar-refractivity contribution in [2.45, 2.75) is 0 Å². The largest absolute Gasteiger partial charge is 0.323 e. The molecule has 3 rings (SSSR count). The Labute approximate surface area is 124 Å². The van der Waals surface area contributed by atoms with Crippen molar-refractivity contribution in [2.75, 3.05) is 10.6 Å². The average Bonchev–Trinajstić information content (AvgIpc) is 3.05. The number of urea groups is 1. The van der Waals surface area contributed by atoms with Crippen molar-refractivity contribution >= 4 is 17.4 Å². The van der Waals surface area contributed by atoms with E-state index in [1.807, 2.05) is 0 Å². The van der Waals surface area contributed by atoms with E-state index >= 15 is 0 Å². The summed E-state index contributed by atoms with van der Waals surface area (Å²) in [6.07, 6.45) is 7.77. The molecule has 2 aromatic heterocycles. The standard InChI is InChI=1S/C14H11FN6O/c15-11-3-1-2-4-12(11)20-14(22)19-10-7-17-13(18-8-10)21-6-5-16-9-21/h1-9H,(H2,19,20,22). The van der Waals surface area contributed by atoms with Crippen LogP contribution in [0.1, 0.15) is 0 Å². The third-order valence-electron chi connectivity index (χ3n) is 2.75. The molecule has 0 saturated carbocycles. The van der Waals surface area contributed by atoms with E-state index in [-0.39, 0.29) is 5.69 Å². The fraction of sp³-hybridized carbons (Fsp3) is 0. The third kappa shape index (κ3) is 3.06. The van der Waals surface area contributed by atoms with Gasteiger partial charge < -0.3 is 10.6 Å². The van der Waals surface area contributed by atoms with E-state index in [1.165, 1.54) is 24.5 Å². The molecule has 0 aliphatic rings. The van der Waals surface area contributed by atoms with Crippen LogP contribution in [0.4, 0.5) is 20.6 Å². The number of halogens is 1. The van der Waals surface area contributed by atoms with Crippen molar-refractivity contribution in [1.29, 1.82) is 0 Å². The zero-order valence-corrected chi connectivity index (χ0v) is 11.3. The van der Waals surface area contributed by atoms with Crippen LogP contribution in [-0.2, 0) is 0 Å². The lowest BCUT2D eigenvalue weighted by molar-refractivity contribution is 0.262. The van der Waals surface area contributed by atoms with Gasteiger partial charge in [-0.3, -0.25) is 4.57 Å². The van der Waals surface area contributed by atoms with Gasteiger partial charge in [-0.15, -0.1) is 0 Å². The van der Waals surface area contributed by atoms with E-state index in [1.54, 1.807) is 35.4 Å². The molecule has 3 aromatic rings. The number of anilines is 2. The Morgan fingerprint density at radius 2 is 1.91 bits per heavy atom. The average molecular weight is 298 g/mol. The number of para-hydroxylation sites is 1. The second kappa shape index (κ2) is 6.00. The van der Waals surface area contributed by atoms with Crippen molar-refractivity contribution in [3.63, 3.8) is 0 Å². The van der Waals surface area contributed by atoms with Gasteiger partial charge in [0.15, 0.2) is 0 Å². The predicted molar refractivity (Wildman–Crippen MR) is 78.2 cm³/mol. The highest BCUT2D eigenvalue weighted by Gasteiger charge is 2.07. The maximum Gasteiger partial charge on any atom is 0.323 e. The lowest BCUT2D eigenvalue weighted by atomic mass is 10.3. The monoisotopic (exact) mass is 298 g/mol. The predicted octanol–water partition coefficient (Wildman–Crippen LogP) is 2.45. The van der Waals surface area contributed by atoms with Crippen LogP contribution in [0.5, 0.6) is 0 Å². The highest BCUT2D eigenvalue weighted by atomic mass is 19.1. The van der Waals surface area contributed by atoms with Gasteiger partial charge in [0.1, 0.15) is 12.1 Å². The summed E-state index contributed by atoms with van der Waals surface area (Å²) in [5.74, 6) is -0.0816. The van der Waals surface area contributed by atoms with Crippen LogP contribution < -0.4 is 10.6 Å².